The van der Waals surface area contributed by atoms with Crippen molar-refractivity contribution in [1.82, 2.24) is 25.5 Å². The summed E-state index contributed by atoms with van der Waals surface area (Å²) in [6, 6.07) is 5.22. The molecule has 0 fully saturated rings. The van der Waals surface area contributed by atoms with Gasteiger partial charge in [0.2, 0.25) is 0 Å². The van der Waals surface area contributed by atoms with Gasteiger partial charge in [0.05, 0.1) is 20.3 Å². The van der Waals surface area contributed by atoms with E-state index in [0.717, 1.165) is 5.82 Å². The Kier molecular flexibility index (Phi) is 5.51. The number of amides is 1. The summed E-state index contributed by atoms with van der Waals surface area (Å²) in [6.07, 6.45) is 0.560. The molecule has 8 heteroatoms. The van der Waals surface area contributed by atoms with E-state index in [0.29, 0.717) is 30.0 Å². The first kappa shape index (κ1) is 16.7. The van der Waals surface area contributed by atoms with Crippen LogP contribution in [0.2, 0.25) is 0 Å². The molecule has 0 saturated carbocycles. The lowest BCUT2D eigenvalue weighted by Crippen LogP contribution is -2.26. The zero-order valence-electron chi connectivity index (χ0n) is 13.7. The first-order valence-electron chi connectivity index (χ1n) is 7.33. The quantitative estimate of drug-likeness (QED) is 0.826. The second-order valence-corrected chi connectivity index (χ2v) is 5.21. The van der Waals surface area contributed by atoms with Gasteiger partial charge in [0.15, 0.2) is 17.3 Å². The topological polar surface area (TPSA) is 91.2 Å². The molecule has 1 N–H and O–H groups in total. The van der Waals surface area contributed by atoms with Crippen molar-refractivity contribution in [2.24, 2.45) is 0 Å². The molecule has 1 aromatic heterocycles. The van der Waals surface area contributed by atoms with Crippen molar-refractivity contribution in [2.75, 3.05) is 20.8 Å². The van der Waals surface area contributed by atoms with Gasteiger partial charge in [0.25, 0.3) is 5.91 Å². The van der Waals surface area contributed by atoms with Crippen LogP contribution in [0.25, 0.3) is 0 Å². The molecule has 1 heterocycles. The molecule has 0 saturated heterocycles. The number of carbonyl (C=O) groups excluding carboxylic acids is 1. The molecule has 2 aromatic rings. The van der Waals surface area contributed by atoms with Crippen LogP contribution in [0.15, 0.2) is 18.2 Å². The second kappa shape index (κ2) is 7.57. The van der Waals surface area contributed by atoms with Crippen molar-refractivity contribution in [3.05, 3.63) is 29.6 Å². The third kappa shape index (κ3) is 3.97. The van der Waals surface area contributed by atoms with Crippen LogP contribution in [0.5, 0.6) is 11.5 Å². The van der Waals surface area contributed by atoms with Crippen LogP contribution < -0.4 is 14.8 Å². The van der Waals surface area contributed by atoms with Gasteiger partial charge in [-0.05, 0) is 42.5 Å². The fourth-order valence-corrected chi connectivity index (χ4v) is 2.15. The number of nitrogens with one attached hydrogen (secondary N) is 1. The number of benzene rings is 1. The molecule has 0 spiro atoms. The molecule has 23 heavy (non-hydrogen) atoms. The van der Waals surface area contributed by atoms with Crippen molar-refractivity contribution in [3.63, 3.8) is 0 Å². The highest BCUT2D eigenvalue weighted by Crippen LogP contribution is 2.27. The Hall–Kier alpha value is -2.64. The van der Waals surface area contributed by atoms with Crippen LogP contribution in [0.1, 0.15) is 36.1 Å². The highest BCUT2D eigenvalue weighted by Gasteiger charge is 2.12. The third-order valence-electron chi connectivity index (χ3n) is 3.33. The van der Waals surface area contributed by atoms with E-state index in [4.69, 9.17) is 9.47 Å². The zero-order valence-corrected chi connectivity index (χ0v) is 13.7. The lowest BCUT2D eigenvalue weighted by Gasteiger charge is -2.10. The molecule has 0 atom stereocenters. The van der Waals surface area contributed by atoms with Crippen molar-refractivity contribution >= 4 is 5.91 Å². The van der Waals surface area contributed by atoms with Gasteiger partial charge in [-0.1, -0.05) is 0 Å². The van der Waals surface area contributed by atoms with Gasteiger partial charge in [-0.2, -0.15) is 0 Å². The van der Waals surface area contributed by atoms with E-state index in [1.165, 1.54) is 7.11 Å². The lowest BCUT2D eigenvalue weighted by molar-refractivity contribution is 0.0953. The number of carbonyl (C=O) groups is 1. The summed E-state index contributed by atoms with van der Waals surface area (Å²) in [5, 5.41) is 14.4. The van der Waals surface area contributed by atoms with E-state index in [9.17, 15) is 4.79 Å². The molecule has 0 aliphatic heterocycles. The summed E-state index contributed by atoms with van der Waals surface area (Å²) in [6.45, 7) is 4.45. The predicted octanol–water partition coefficient (Wildman–Crippen LogP) is 1.24. The van der Waals surface area contributed by atoms with Gasteiger partial charge in [0, 0.05) is 18.5 Å². The molecule has 0 unspecified atom stereocenters. The normalized spacial score (nSPS) is 10.7. The molecule has 8 nitrogen and oxygen atoms in total. The van der Waals surface area contributed by atoms with Crippen molar-refractivity contribution in [1.29, 1.82) is 0 Å². The molecule has 124 valence electrons. The minimum Gasteiger partial charge on any atom is -0.493 e. The first-order chi connectivity index (χ1) is 11.1. The molecule has 1 amide bonds. The maximum absolute atomic E-state index is 12.2. The van der Waals surface area contributed by atoms with Crippen molar-refractivity contribution < 1.29 is 14.3 Å². The highest BCUT2D eigenvalue weighted by atomic mass is 16.5. The van der Waals surface area contributed by atoms with Crippen LogP contribution >= 0.6 is 0 Å². The summed E-state index contributed by atoms with van der Waals surface area (Å²) < 4.78 is 12.1. The number of hydrogen-bond acceptors (Lipinski definition) is 6. The van der Waals surface area contributed by atoms with Crippen LogP contribution in [0, 0.1) is 0 Å². The molecule has 1 aromatic carbocycles. The Morgan fingerprint density at radius 1 is 1.26 bits per heavy atom. The van der Waals surface area contributed by atoms with Crippen LogP contribution in [-0.4, -0.2) is 46.9 Å². The van der Waals surface area contributed by atoms with E-state index in [2.05, 4.69) is 20.8 Å². The summed E-state index contributed by atoms with van der Waals surface area (Å²) in [5.41, 5.74) is 0.506. The average molecular weight is 319 g/mol. The zero-order chi connectivity index (χ0) is 16.8. The molecule has 2 rings (SSSR count). The molecular formula is C15H21N5O3. The highest BCUT2D eigenvalue weighted by molar-refractivity contribution is 5.94. The van der Waals surface area contributed by atoms with E-state index >= 15 is 0 Å². The van der Waals surface area contributed by atoms with Crippen LogP contribution in [0.4, 0.5) is 0 Å². The minimum atomic E-state index is -0.186. The molecule has 0 bridgehead atoms. The fourth-order valence-electron chi connectivity index (χ4n) is 2.15. The van der Waals surface area contributed by atoms with Gasteiger partial charge in [-0.15, -0.1) is 5.10 Å². The third-order valence-corrected chi connectivity index (χ3v) is 3.33. The van der Waals surface area contributed by atoms with Gasteiger partial charge >= 0.3 is 0 Å². The van der Waals surface area contributed by atoms with Gasteiger partial charge in [0.1, 0.15) is 0 Å². The van der Waals surface area contributed by atoms with Crippen LogP contribution in [-0.2, 0) is 6.42 Å². The number of tetrazole rings is 1. The van der Waals surface area contributed by atoms with E-state index in [-0.39, 0.29) is 11.9 Å². The number of methoxy groups -OCH3 is 2. The minimum absolute atomic E-state index is 0.182. The fraction of sp³-hybridized carbons (Fsp3) is 0.467. The Morgan fingerprint density at radius 2 is 2.00 bits per heavy atom. The Morgan fingerprint density at radius 3 is 2.65 bits per heavy atom. The smallest absolute Gasteiger partial charge is 0.251 e. The van der Waals surface area contributed by atoms with E-state index in [1.807, 2.05) is 13.8 Å². The Labute approximate surface area is 134 Å². The standard InChI is InChI=1S/C15H21N5O3/c1-10(2)20-14(17-18-19-20)7-8-16-15(21)11-5-6-12(22-3)13(9-11)23-4/h5-6,9-10H,7-8H2,1-4H3,(H,16,21). The summed E-state index contributed by atoms with van der Waals surface area (Å²) >= 11 is 0. The molecule has 0 aliphatic rings. The maximum atomic E-state index is 12.2. The summed E-state index contributed by atoms with van der Waals surface area (Å²) in [4.78, 5) is 12.2. The Bertz CT molecular complexity index is 669. The summed E-state index contributed by atoms with van der Waals surface area (Å²) in [5.74, 6) is 1.66. The van der Waals surface area contributed by atoms with E-state index in [1.54, 1.807) is 30.0 Å². The SMILES string of the molecule is COc1ccc(C(=O)NCCc2nnnn2C(C)C)cc1OC. The number of rotatable bonds is 7. The van der Waals surface area contributed by atoms with Crippen molar-refractivity contribution in [2.45, 2.75) is 26.3 Å². The first-order valence-corrected chi connectivity index (χ1v) is 7.33. The number of hydrogen-bond donors (Lipinski definition) is 1. The molecular weight excluding hydrogens is 298 g/mol. The average Bonchev–Trinajstić information content (AvgIpc) is 3.02. The summed E-state index contributed by atoms with van der Waals surface area (Å²) in [7, 11) is 3.09. The largest absolute Gasteiger partial charge is 0.493 e. The van der Waals surface area contributed by atoms with E-state index < -0.39 is 0 Å². The molecule has 0 aliphatic carbocycles. The lowest BCUT2D eigenvalue weighted by atomic mass is 10.2. The predicted molar refractivity (Wildman–Crippen MR) is 83.8 cm³/mol. The monoisotopic (exact) mass is 319 g/mol. The Balaban J connectivity index is 1.96. The van der Waals surface area contributed by atoms with Gasteiger partial charge in [-0.3, -0.25) is 4.79 Å². The van der Waals surface area contributed by atoms with Crippen molar-refractivity contribution in [3.8, 4) is 11.5 Å². The number of nitrogens with zero attached hydrogens (tertiary/aromatic N) is 4. The second-order valence-electron chi connectivity index (χ2n) is 5.21. The molecule has 0 radical (unpaired) electrons. The van der Waals surface area contributed by atoms with Crippen LogP contribution in [0.3, 0.4) is 0 Å². The maximum Gasteiger partial charge on any atom is 0.251 e. The number of ether oxygens (including phenoxy) is 2. The van der Waals surface area contributed by atoms with Gasteiger partial charge in [-0.25, -0.2) is 4.68 Å². The van der Waals surface area contributed by atoms with Gasteiger partial charge < -0.3 is 14.8 Å². The number of aromatic nitrogens is 4.